The van der Waals surface area contributed by atoms with E-state index in [4.69, 9.17) is 0 Å². The van der Waals surface area contributed by atoms with Crippen molar-refractivity contribution in [3.05, 3.63) is 107 Å². The molecule has 26 heavy (non-hydrogen) atoms. The van der Waals surface area contributed by atoms with Crippen LogP contribution in [0.25, 0.3) is 0 Å². The molecule has 0 bridgehead atoms. The Morgan fingerprint density at radius 3 is 2.04 bits per heavy atom. The molecule has 3 aromatic rings. The molecule has 0 unspecified atom stereocenters. The summed E-state index contributed by atoms with van der Waals surface area (Å²) in [6, 6.07) is 31.4. The van der Waals surface area contributed by atoms with Gasteiger partial charge >= 0.3 is 0 Å². The second-order valence-electron chi connectivity index (χ2n) is 7.38. The van der Waals surface area contributed by atoms with E-state index in [1.807, 2.05) is 0 Å². The molecule has 0 aromatic heterocycles. The molecule has 0 N–H and O–H groups in total. The average Bonchev–Trinajstić information content (AvgIpc) is 2.70. The molecule has 0 saturated heterocycles. The van der Waals surface area contributed by atoms with Crippen molar-refractivity contribution in [1.82, 2.24) is 4.90 Å². The lowest BCUT2D eigenvalue weighted by atomic mass is 9.90. The zero-order valence-corrected chi connectivity index (χ0v) is 15.4. The van der Waals surface area contributed by atoms with E-state index < -0.39 is 0 Å². The highest BCUT2D eigenvalue weighted by Crippen LogP contribution is 2.26. The van der Waals surface area contributed by atoms with Crippen LogP contribution in [-0.2, 0) is 25.8 Å². The van der Waals surface area contributed by atoms with Crippen LogP contribution in [0.2, 0.25) is 0 Å². The first kappa shape index (κ1) is 17.1. The van der Waals surface area contributed by atoms with Crippen LogP contribution < -0.4 is 0 Å². The van der Waals surface area contributed by atoms with Gasteiger partial charge in [0.05, 0.1) is 0 Å². The average molecular weight is 341 g/mol. The minimum absolute atomic E-state index is 0.600. The highest BCUT2D eigenvalue weighted by molar-refractivity contribution is 5.31. The topological polar surface area (TPSA) is 3.24 Å². The zero-order chi connectivity index (χ0) is 17.6. The van der Waals surface area contributed by atoms with E-state index in [9.17, 15) is 0 Å². The fourth-order valence-electron chi connectivity index (χ4n) is 4.12. The van der Waals surface area contributed by atoms with Gasteiger partial charge in [0.1, 0.15) is 0 Å². The molecule has 1 nitrogen and oxygen atoms in total. The molecule has 1 heteroatoms. The lowest BCUT2D eigenvalue weighted by Gasteiger charge is -2.37. The highest BCUT2D eigenvalue weighted by atomic mass is 15.2. The van der Waals surface area contributed by atoms with Crippen molar-refractivity contribution >= 4 is 0 Å². The minimum atomic E-state index is 0.600. The van der Waals surface area contributed by atoms with Crippen molar-refractivity contribution < 1.29 is 0 Å². The Bertz CT molecular complexity index is 810. The molecule has 0 saturated carbocycles. The van der Waals surface area contributed by atoms with Crippen LogP contribution in [0.5, 0.6) is 0 Å². The Morgan fingerprint density at radius 1 is 0.692 bits per heavy atom. The van der Waals surface area contributed by atoms with Crippen molar-refractivity contribution in [3.63, 3.8) is 0 Å². The predicted molar refractivity (Wildman–Crippen MR) is 109 cm³/mol. The van der Waals surface area contributed by atoms with Crippen LogP contribution in [0.3, 0.4) is 0 Å². The van der Waals surface area contributed by atoms with E-state index in [1.165, 1.54) is 35.2 Å². The van der Waals surface area contributed by atoms with Gasteiger partial charge in [0, 0.05) is 12.6 Å². The SMILES string of the molecule is c1ccc(CCCN2Cc3ccccc3C[C@@H]2Cc2ccccc2)cc1. The van der Waals surface area contributed by atoms with Gasteiger partial charge in [-0.2, -0.15) is 0 Å². The van der Waals surface area contributed by atoms with E-state index in [-0.39, 0.29) is 0 Å². The van der Waals surface area contributed by atoms with Gasteiger partial charge in [-0.05, 0) is 54.5 Å². The summed E-state index contributed by atoms with van der Waals surface area (Å²) in [7, 11) is 0. The summed E-state index contributed by atoms with van der Waals surface area (Å²) in [5.41, 5.74) is 5.94. The number of fused-ring (bicyclic) bond motifs is 1. The van der Waals surface area contributed by atoms with E-state index in [0.29, 0.717) is 6.04 Å². The Morgan fingerprint density at radius 2 is 1.31 bits per heavy atom. The molecule has 1 atom stereocenters. The molecule has 4 rings (SSSR count). The van der Waals surface area contributed by atoms with Gasteiger partial charge in [0.15, 0.2) is 0 Å². The maximum absolute atomic E-state index is 2.71. The Hall–Kier alpha value is -2.38. The summed E-state index contributed by atoms with van der Waals surface area (Å²) in [5, 5.41) is 0. The smallest absolute Gasteiger partial charge is 0.0239 e. The summed E-state index contributed by atoms with van der Waals surface area (Å²) in [6.45, 7) is 2.25. The van der Waals surface area contributed by atoms with E-state index >= 15 is 0 Å². The van der Waals surface area contributed by atoms with E-state index in [1.54, 1.807) is 0 Å². The first-order valence-electron chi connectivity index (χ1n) is 9.77. The third kappa shape index (κ3) is 4.23. The molecule has 1 aliphatic heterocycles. The monoisotopic (exact) mass is 341 g/mol. The van der Waals surface area contributed by atoms with Crippen molar-refractivity contribution in [3.8, 4) is 0 Å². The second kappa shape index (κ2) is 8.33. The molecule has 0 spiro atoms. The van der Waals surface area contributed by atoms with Gasteiger partial charge in [0.25, 0.3) is 0 Å². The lowest BCUT2D eigenvalue weighted by molar-refractivity contribution is 0.168. The summed E-state index contributed by atoms with van der Waals surface area (Å²) >= 11 is 0. The normalized spacial score (nSPS) is 17.0. The molecule has 1 heterocycles. The Kier molecular flexibility index (Phi) is 5.47. The van der Waals surface area contributed by atoms with Crippen molar-refractivity contribution in [2.45, 2.75) is 38.3 Å². The van der Waals surface area contributed by atoms with Gasteiger partial charge in [0.2, 0.25) is 0 Å². The third-order valence-corrected chi connectivity index (χ3v) is 5.53. The Balaban J connectivity index is 1.45. The predicted octanol–water partition coefficient (Wildman–Crippen LogP) is 5.29. The number of hydrogen-bond donors (Lipinski definition) is 0. The van der Waals surface area contributed by atoms with Gasteiger partial charge in [-0.1, -0.05) is 84.9 Å². The van der Waals surface area contributed by atoms with Crippen molar-refractivity contribution in [2.24, 2.45) is 0 Å². The van der Waals surface area contributed by atoms with Crippen LogP contribution in [0.1, 0.15) is 28.7 Å². The van der Waals surface area contributed by atoms with Crippen molar-refractivity contribution in [2.75, 3.05) is 6.54 Å². The molecular weight excluding hydrogens is 314 g/mol. The molecule has 1 aliphatic rings. The van der Waals surface area contributed by atoms with Gasteiger partial charge in [-0.15, -0.1) is 0 Å². The highest BCUT2D eigenvalue weighted by Gasteiger charge is 2.25. The molecule has 0 amide bonds. The fraction of sp³-hybridized carbons (Fsp3) is 0.280. The van der Waals surface area contributed by atoms with Crippen LogP contribution in [0.4, 0.5) is 0 Å². The summed E-state index contributed by atoms with van der Waals surface area (Å²) in [4.78, 5) is 2.71. The van der Waals surface area contributed by atoms with E-state index in [0.717, 1.165) is 25.8 Å². The zero-order valence-electron chi connectivity index (χ0n) is 15.4. The number of aryl methyl sites for hydroxylation is 1. The first-order chi connectivity index (χ1) is 12.9. The van der Waals surface area contributed by atoms with Crippen LogP contribution in [0.15, 0.2) is 84.9 Å². The maximum atomic E-state index is 2.71. The lowest BCUT2D eigenvalue weighted by Crippen LogP contribution is -2.42. The van der Waals surface area contributed by atoms with Gasteiger partial charge in [-0.25, -0.2) is 0 Å². The quantitative estimate of drug-likeness (QED) is 0.589. The minimum Gasteiger partial charge on any atom is -0.295 e. The largest absolute Gasteiger partial charge is 0.295 e. The molecular formula is C25H27N. The second-order valence-corrected chi connectivity index (χ2v) is 7.38. The Labute approximate surface area is 157 Å². The fourth-order valence-corrected chi connectivity index (χ4v) is 4.12. The van der Waals surface area contributed by atoms with E-state index in [2.05, 4.69) is 89.8 Å². The molecule has 0 radical (unpaired) electrons. The van der Waals surface area contributed by atoms with Crippen LogP contribution in [-0.4, -0.2) is 17.5 Å². The van der Waals surface area contributed by atoms with Gasteiger partial charge < -0.3 is 0 Å². The van der Waals surface area contributed by atoms with Crippen LogP contribution >= 0.6 is 0 Å². The number of hydrogen-bond acceptors (Lipinski definition) is 1. The molecule has 3 aromatic carbocycles. The molecule has 0 fully saturated rings. The number of rotatable bonds is 6. The maximum Gasteiger partial charge on any atom is 0.0239 e. The van der Waals surface area contributed by atoms with Crippen LogP contribution in [0, 0.1) is 0 Å². The third-order valence-electron chi connectivity index (χ3n) is 5.53. The summed E-state index contributed by atoms with van der Waals surface area (Å²) in [5.74, 6) is 0. The number of nitrogens with zero attached hydrogens (tertiary/aromatic N) is 1. The molecule has 0 aliphatic carbocycles. The molecule has 132 valence electrons. The summed E-state index contributed by atoms with van der Waals surface area (Å²) < 4.78 is 0. The number of benzene rings is 3. The van der Waals surface area contributed by atoms with Gasteiger partial charge in [-0.3, -0.25) is 4.90 Å². The summed E-state index contributed by atoms with van der Waals surface area (Å²) in [6.07, 6.45) is 4.69. The van der Waals surface area contributed by atoms with Crippen molar-refractivity contribution in [1.29, 1.82) is 0 Å². The standard InChI is InChI=1S/C25H27N/c1-3-10-21(11-4-1)14-9-17-26-20-24-16-8-7-15-23(24)19-25(26)18-22-12-5-2-6-13-22/h1-8,10-13,15-16,25H,9,14,17-20H2/t25-/m0/s1. The first-order valence-corrected chi connectivity index (χ1v) is 9.77.